The van der Waals surface area contributed by atoms with Crippen molar-refractivity contribution in [1.82, 2.24) is 0 Å². The molecule has 2 heteroatoms. The van der Waals surface area contributed by atoms with Crippen LogP contribution in [0.1, 0.15) is 20.8 Å². The molecule has 1 rings (SSSR count). The van der Waals surface area contributed by atoms with Crippen LogP contribution < -0.4 is 9.80 Å². The molecule has 0 bridgehead atoms. The zero-order valence-electron chi connectivity index (χ0n) is 10.7. The number of anilines is 2. The number of hydrogen-bond acceptors (Lipinski definition) is 2. The van der Waals surface area contributed by atoms with Crippen molar-refractivity contribution in [2.45, 2.75) is 26.3 Å². The van der Waals surface area contributed by atoms with Gasteiger partial charge in [0, 0.05) is 38.1 Å². The van der Waals surface area contributed by atoms with Crippen molar-refractivity contribution in [2.75, 3.05) is 30.9 Å². The Morgan fingerprint density at radius 2 is 1.20 bits per heavy atom. The molecule has 0 heterocycles. The van der Waals surface area contributed by atoms with E-state index in [9.17, 15) is 0 Å². The van der Waals surface area contributed by atoms with Gasteiger partial charge in [0.15, 0.2) is 0 Å². The maximum absolute atomic E-state index is 2.28. The molecule has 0 aromatic heterocycles. The Hall–Kier alpha value is -1.18. The van der Waals surface area contributed by atoms with Crippen LogP contribution >= 0.6 is 0 Å². The molecule has 2 nitrogen and oxygen atoms in total. The zero-order chi connectivity index (χ0) is 11.6. The van der Waals surface area contributed by atoms with E-state index in [4.69, 9.17) is 0 Å². The molecule has 0 N–H and O–H groups in total. The lowest BCUT2D eigenvalue weighted by Crippen LogP contribution is -2.37. The molecule has 1 aromatic carbocycles. The molecule has 0 radical (unpaired) electrons. The smallest absolute Gasteiger partial charge is 0.0369 e. The Labute approximate surface area is 93.5 Å². The summed E-state index contributed by atoms with van der Waals surface area (Å²) in [6.45, 7) is 6.65. The molecule has 0 aliphatic rings. The minimum absolute atomic E-state index is 0.166. The zero-order valence-corrected chi connectivity index (χ0v) is 10.7. The van der Waals surface area contributed by atoms with Crippen LogP contribution in [0, 0.1) is 0 Å². The van der Waals surface area contributed by atoms with Crippen molar-refractivity contribution < 1.29 is 0 Å². The van der Waals surface area contributed by atoms with E-state index in [1.807, 2.05) is 0 Å². The third kappa shape index (κ3) is 2.88. The molecule has 0 aliphatic carbocycles. The van der Waals surface area contributed by atoms with Gasteiger partial charge in [-0.05, 0) is 45.0 Å². The maximum atomic E-state index is 2.28. The molecule has 0 unspecified atom stereocenters. The summed E-state index contributed by atoms with van der Waals surface area (Å²) in [5.74, 6) is 0. The van der Waals surface area contributed by atoms with Crippen LogP contribution in [0.2, 0.25) is 0 Å². The van der Waals surface area contributed by atoms with Gasteiger partial charge < -0.3 is 9.80 Å². The van der Waals surface area contributed by atoms with Crippen LogP contribution in [0.4, 0.5) is 11.4 Å². The lowest BCUT2D eigenvalue weighted by atomic mass is 10.1. The van der Waals surface area contributed by atoms with Gasteiger partial charge in [0.25, 0.3) is 0 Å². The van der Waals surface area contributed by atoms with Crippen molar-refractivity contribution in [3.05, 3.63) is 24.3 Å². The summed E-state index contributed by atoms with van der Waals surface area (Å²) in [6.07, 6.45) is 0. The van der Waals surface area contributed by atoms with Gasteiger partial charge in [0.1, 0.15) is 0 Å². The number of benzene rings is 1. The first-order valence-electron chi connectivity index (χ1n) is 5.33. The van der Waals surface area contributed by atoms with Crippen molar-refractivity contribution in [2.24, 2.45) is 0 Å². The molecule has 84 valence electrons. The largest absolute Gasteiger partial charge is 0.378 e. The molecular formula is C13H22N2. The van der Waals surface area contributed by atoms with E-state index in [0.717, 1.165) is 0 Å². The molecule has 0 spiro atoms. The summed E-state index contributed by atoms with van der Waals surface area (Å²) in [5, 5.41) is 0. The quantitative estimate of drug-likeness (QED) is 0.734. The summed E-state index contributed by atoms with van der Waals surface area (Å²) in [6, 6.07) is 8.64. The van der Waals surface area contributed by atoms with E-state index in [0.29, 0.717) is 0 Å². The fourth-order valence-electron chi connectivity index (χ4n) is 1.36. The van der Waals surface area contributed by atoms with Gasteiger partial charge >= 0.3 is 0 Å². The summed E-state index contributed by atoms with van der Waals surface area (Å²) < 4.78 is 0. The molecule has 0 amide bonds. The highest BCUT2D eigenvalue weighted by Crippen LogP contribution is 2.23. The Morgan fingerprint density at radius 1 is 0.800 bits per heavy atom. The van der Waals surface area contributed by atoms with E-state index in [1.54, 1.807) is 0 Å². The van der Waals surface area contributed by atoms with Gasteiger partial charge in [0.05, 0.1) is 0 Å². The highest BCUT2D eigenvalue weighted by atomic mass is 15.2. The van der Waals surface area contributed by atoms with Gasteiger partial charge in [-0.2, -0.15) is 0 Å². The molecular weight excluding hydrogens is 184 g/mol. The van der Waals surface area contributed by atoms with E-state index < -0.39 is 0 Å². The van der Waals surface area contributed by atoms with Crippen LogP contribution in [0.3, 0.4) is 0 Å². The second kappa shape index (κ2) is 4.13. The molecule has 0 atom stereocenters. The SMILES string of the molecule is CN(C)c1ccc(N(C)C(C)(C)C)cc1. The summed E-state index contributed by atoms with van der Waals surface area (Å²) in [5.41, 5.74) is 2.66. The average molecular weight is 206 g/mol. The van der Waals surface area contributed by atoms with E-state index in [-0.39, 0.29) is 5.54 Å². The van der Waals surface area contributed by atoms with Crippen LogP contribution in [0.5, 0.6) is 0 Å². The lowest BCUT2D eigenvalue weighted by molar-refractivity contribution is 0.539. The molecule has 1 aromatic rings. The summed E-state index contributed by atoms with van der Waals surface area (Å²) in [7, 11) is 6.25. The first-order valence-corrected chi connectivity index (χ1v) is 5.33. The predicted molar refractivity (Wildman–Crippen MR) is 68.9 cm³/mol. The summed E-state index contributed by atoms with van der Waals surface area (Å²) in [4.78, 5) is 4.40. The highest BCUT2D eigenvalue weighted by molar-refractivity contribution is 5.56. The molecule has 15 heavy (non-hydrogen) atoms. The minimum Gasteiger partial charge on any atom is -0.378 e. The molecule has 0 aliphatic heterocycles. The maximum Gasteiger partial charge on any atom is 0.0369 e. The van der Waals surface area contributed by atoms with Gasteiger partial charge in [-0.25, -0.2) is 0 Å². The molecule has 0 saturated carbocycles. The Balaban J connectivity index is 2.89. The predicted octanol–water partition coefficient (Wildman–Crippen LogP) is 2.99. The Bertz CT molecular complexity index is 306. The third-order valence-corrected chi connectivity index (χ3v) is 2.76. The van der Waals surface area contributed by atoms with Crippen molar-refractivity contribution >= 4 is 11.4 Å². The topological polar surface area (TPSA) is 6.48 Å². The van der Waals surface area contributed by atoms with Crippen LogP contribution in [-0.2, 0) is 0 Å². The molecule has 0 fully saturated rings. The summed E-state index contributed by atoms with van der Waals surface area (Å²) >= 11 is 0. The Morgan fingerprint density at radius 3 is 1.53 bits per heavy atom. The normalized spacial score (nSPS) is 11.3. The van der Waals surface area contributed by atoms with E-state index in [1.165, 1.54) is 11.4 Å². The van der Waals surface area contributed by atoms with Crippen molar-refractivity contribution in [3.63, 3.8) is 0 Å². The van der Waals surface area contributed by atoms with Crippen LogP contribution in [0.25, 0.3) is 0 Å². The monoisotopic (exact) mass is 206 g/mol. The van der Waals surface area contributed by atoms with Crippen LogP contribution in [-0.4, -0.2) is 26.7 Å². The first-order chi connectivity index (χ1) is 6.82. The fourth-order valence-corrected chi connectivity index (χ4v) is 1.36. The van der Waals surface area contributed by atoms with Crippen LogP contribution in [0.15, 0.2) is 24.3 Å². The number of rotatable bonds is 2. The lowest BCUT2D eigenvalue weighted by Gasteiger charge is -2.34. The van der Waals surface area contributed by atoms with Gasteiger partial charge in [-0.1, -0.05) is 0 Å². The second-order valence-corrected chi connectivity index (χ2v) is 5.14. The Kier molecular flexibility index (Phi) is 3.28. The molecule has 0 saturated heterocycles. The second-order valence-electron chi connectivity index (χ2n) is 5.14. The van der Waals surface area contributed by atoms with Crippen molar-refractivity contribution in [3.8, 4) is 0 Å². The van der Waals surface area contributed by atoms with Gasteiger partial charge in [0.2, 0.25) is 0 Å². The van der Waals surface area contributed by atoms with Crippen molar-refractivity contribution in [1.29, 1.82) is 0 Å². The number of hydrogen-bond donors (Lipinski definition) is 0. The van der Waals surface area contributed by atoms with Gasteiger partial charge in [-0.15, -0.1) is 0 Å². The average Bonchev–Trinajstić information content (AvgIpc) is 2.15. The third-order valence-electron chi connectivity index (χ3n) is 2.76. The van der Waals surface area contributed by atoms with Gasteiger partial charge in [-0.3, -0.25) is 0 Å². The first kappa shape index (κ1) is 11.9. The van der Waals surface area contributed by atoms with E-state index in [2.05, 4.69) is 76.0 Å². The fraction of sp³-hybridized carbons (Fsp3) is 0.538. The highest BCUT2D eigenvalue weighted by Gasteiger charge is 2.16. The minimum atomic E-state index is 0.166. The van der Waals surface area contributed by atoms with E-state index >= 15 is 0 Å². The standard InChI is InChI=1S/C13H22N2/c1-13(2,3)15(6)12-9-7-11(8-10-12)14(4)5/h7-10H,1-6H3. The number of nitrogens with zero attached hydrogens (tertiary/aromatic N) is 2.